The highest BCUT2D eigenvalue weighted by atomic mass is 16.5. The number of hydrogen-bond donors (Lipinski definition) is 0. The summed E-state index contributed by atoms with van der Waals surface area (Å²) in [5, 5.41) is 3.50. The van der Waals surface area contributed by atoms with Crippen molar-refractivity contribution in [1.82, 2.24) is 0 Å². The number of terminal acetylenes is 1. The van der Waals surface area contributed by atoms with Gasteiger partial charge in [0.25, 0.3) is 0 Å². The minimum atomic E-state index is -0.192. The molecule has 0 heterocycles. The fourth-order valence-electron chi connectivity index (χ4n) is 1.82. The van der Waals surface area contributed by atoms with Gasteiger partial charge in [-0.25, -0.2) is 0 Å². The third kappa shape index (κ3) is 14.4. The van der Waals surface area contributed by atoms with Gasteiger partial charge in [-0.3, -0.25) is 4.79 Å². The first kappa shape index (κ1) is 18.3. The highest BCUT2D eigenvalue weighted by Crippen LogP contribution is 2.09. The van der Waals surface area contributed by atoms with Crippen molar-refractivity contribution in [2.45, 2.75) is 64.2 Å². The molecule has 0 radical (unpaired) electrons. The van der Waals surface area contributed by atoms with Gasteiger partial charge in [0.15, 0.2) is 0 Å². The van der Waals surface area contributed by atoms with Gasteiger partial charge in [-0.05, 0) is 18.4 Å². The maximum atomic E-state index is 11.1. The van der Waals surface area contributed by atoms with Crippen LogP contribution in [0.4, 0.5) is 0 Å². The van der Waals surface area contributed by atoms with Crippen LogP contribution in [0.2, 0.25) is 0 Å². The van der Waals surface area contributed by atoms with E-state index in [1.165, 1.54) is 25.7 Å². The molecule has 0 rings (SSSR count). The summed E-state index contributed by atoms with van der Waals surface area (Å²) in [6, 6.07) is 0. The highest BCUT2D eigenvalue weighted by molar-refractivity contribution is 5.69. The average molecular weight is 279 g/mol. The standard InChI is InChI=1S/C15H25N3O2/c1-2-3-12-15(19)20-14-11-9-7-5-4-6-8-10-13-17-18-16/h1H,3-14H2. The Hall–Kier alpha value is -1.66. The molecule has 5 heteroatoms. The summed E-state index contributed by atoms with van der Waals surface area (Å²) in [7, 11) is 0. The van der Waals surface area contributed by atoms with E-state index in [-0.39, 0.29) is 5.97 Å². The minimum absolute atomic E-state index is 0.192. The van der Waals surface area contributed by atoms with Crippen LogP contribution in [0.25, 0.3) is 10.4 Å². The van der Waals surface area contributed by atoms with E-state index in [9.17, 15) is 4.79 Å². The number of esters is 1. The van der Waals surface area contributed by atoms with Crippen LogP contribution in [0.15, 0.2) is 5.11 Å². The number of carbonyl (C=O) groups is 1. The maximum Gasteiger partial charge on any atom is 0.306 e. The van der Waals surface area contributed by atoms with Crippen molar-refractivity contribution in [3.63, 3.8) is 0 Å². The molecule has 0 aliphatic rings. The van der Waals surface area contributed by atoms with E-state index in [2.05, 4.69) is 15.9 Å². The molecule has 0 aliphatic heterocycles. The Morgan fingerprint density at radius 3 is 2.30 bits per heavy atom. The molecule has 0 spiro atoms. The van der Waals surface area contributed by atoms with Crippen LogP contribution >= 0.6 is 0 Å². The van der Waals surface area contributed by atoms with Gasteiger partial charge < -0.3 is 4.74 Å². The van der Waals surface area contributed by atoms with Crippen LogP contribution < -0.4 is 0 Å². The molecule has 0 saturated carbocycles. The Balaban J connectivity index is 3.11. The van der Waals surface area contributed by atoms with E-state index in [0.29, 0.717) is 26.0 Å². The Kier molecular flexibility index (Phi) is 14.1. The minimum Gasteiger partial charge on any atom is -0.466 e. The fourth-order valence-corrected chi connectivity index (χ4v) is 1.82. The van der Waals surface area contributed by atoms with Crippen LogP contribution in [0.1, 0.15) is 64.2 Å². The molecule has 0 amide bonds. The van der Waals surface area contributed by atoms with Crippen molar-refractivity contribution >= 4 is 5.97 Å². The molecule has 20 heavy (non-hydrogen) atoms. The largest absolute Gasteiger partial charge is 0.466 e. The van der Waals surface area contributed by atoms with E-state index in [0.717, 1.165) is 25.7 Å². The van der Waals surface area contributed by atoms with Crippen LogP contribution in [0.5, 0.6) is 0 Å². The lowest BCUT2D eigenvalue weighted by molar-refractivity contribution is -0.143. The molecule has 0 aromatic rings. The molecular weight excluding hydrogens is 254 g/mol. The number of unbranched alkanes of at least 4 members (excludes halogenated alkanes) is 7. The van der Waals surface area contributed by atoms with Crippen LogP contribution in [0, 0.1) is 12.3 Å². The summed E-state index contributed by atoms with van der Waals surface area (Å²) in [6.07, 6.45) is 14.8. The maximum absolute atomic E-state index is 11.1. The van der Waals surface area contributed by atoms with Gasteiger partial charge in [-0.2, -0.15) is 0 Å². The molecule has 0 atom stereocenters. The molecule has 0 bridgehead atoms. The molecule has 0 saturated heterocycles. The SMILES string of the molecule is C#CCCC(=O)OCCCCCCCCCCN=[N+]=[N-]. The number of nitrogens with zero attached hydrogens (tertiary/aromatic N) is 3. The summed E-state index contributed by atoms with van der Waals surface area (Å²) in [5.41, 5.74) is 8.10. The Morgan fingerprint density at radius 1 is 1.10 bits per heavy atom. The molecule has 0 aromatic heterocycles. The zero-order valence-electron chi connectivity index (χ0n) is 12.2. The molecule has 0 aromatic carbocycles. The predicted octanol–water partition coefficient (Wildman–Crippen LogP) is 4.37. The van der Waals surface area contributed by atoms with Crippen molar-refractivity contribution in [3.05, 3.63) is 10.4 Å². The third-order valence-electron chi connectivity index (χ3n) is 2.95. The van der Waals surface area contributed by atoms with Gasteiger partial charge >= 0.3 is 5.97 Å². The zero-order chi connectivity index (χ0) is 14.9. The number of rotatable bonds is 13. The number of azide groups is 1. The molecule has 0 unspecified atom stereocenters. The van der Waals surface area contributed by atoms with Crippen molar-refractivity contribution in [2.24, 2.45) is 5.11 Å². The molecule has 0 N–H and O–H groups in total. The molecule has 112 valence electrons. The van der Waals surface area contributed by atoms with E-state index in [1.54, 1.807) is 0 Å². The number of carbonyl (C=O) groups excluding carboxylic acids is 1. The predicted molar refractivity (Wildman–Crippen MR) is 80.0 cm³/mol. The van der Waals surface area contributed by atoms with Gasteiger partial charge in [0.2, 0.25) is 0 Å². The molecule has 0 fully saturated rings. The lowest BCUT2D eigenvalue weighted by Crippen LogP contribution is -2.05. The van der Waals surface area contributed by atoms with Gasteiger partial charge in [0, 0.05) is 17.9 Å². The van der Waals surface area contributed by atoms with Crippen molar-refractivity contribution in [3.8, 4) is 12.3 Å². The van der Waals surface area contributed by atoms with Crippen molar-refractivity contribution in [2.75, 3.05) is 13.2 Å². The number of hydrogen-bond acceptors (Lipinski definition) is 3. The van der Waals surface area contributed by atoms with Crippen molar-refractivity contribution in [1.29, 1.82) is 0 Å². The first-order valence-corrected chi connectivity index (χ1v) is 7.41. The van der Waals surface area contributed by atoms with Gasteiger partial charge in [-0.1, -0.05) is 43.6 Å². The van der Waals surface area contributed by atoms with Gasteiger partial charge in [0.05, 0.1) is 13.0 Å². The van der Waals surface area contributed by atoms with E-state index in [4.69, 9.17) is 16.7 Å². The monoisotopic (exact) mass is 279 g/mol. The van der Waals surface area contributed by atoms with E-state index < -0.39 is 0 Å². The first-order chi connectivity index (χ1) is 9.81. The Labute approximate surface area is 121 Å². The lowest BCUT2D eigenvalue weighted by Gasteiger charge is -2.04. The lowest BCUT2D eigenvalue weighted by atomic mass is 10.1. The Morgan fingerprint density at radius 2 is 1.70 bits per heavy atom. The number of ether oxygens (including phenoxy) is 1. The summed E-state index contributed by atoms with van der Waals surface area (Å²) in [4.78, 5) is 13.9. The summed E-state index contributed by atoms with van der Waals surface area (Å²) >= 11 is 0. The van der Waals surface area contributed by atoms with Gasteiger partial charge in [0.1, 0.15) is 0 Å². The normalized spacial score (nSPS) is 9.55. The molecular formula is C15H25N3O2. The van der Waals surface area contributed by atoms with Crippen molar-refractivity contribution < 1.29 is 9.53 Å². The second kappa shape index (κ2) is 15.4. The first-order valence-electron chi connectivity index (χ1n) is 7.41. The topological polar surface area (TPSA) is 75.1 Å². The third-order valence-corrected chi connectivity index (χ3v) is 2.95. The summed E-state index contributed by atoms with van der Waals surface area (Å²) < 4.78 is 5.05. The summed E-state index contributed by atoms with van der Waals surface area (Å²) in [5.74, 6) is 2.23. The highest BCUT2D eigenvalue weighted by Gasteiger charge is 2.00. The molecule has 0 aliphatic carbocycles. The summed E-state index contributed by atoms with van der Waals surface area (Å²) in [6.45, 7) is 1.12. The van der Waals surface area contributed by atoms with Crippen LogP contribution in [-0.4, -0.2) is 19.1 Å². The van der Waals surface area contributed by atoms with E-state index in [1.807, 2.05) is 0 Å². The second-order valence-corrected chi connectivity index (χ2v) is 4.71. The fraction of sp³-hybridized carbons (Fsp3) is 0.800. The second-order valence-electron chi connectivity index (χ2n) is 4.71. The molecule has 5 nitrogen and oxygen atoms in total. The Bertz CT molecular complexity index is 331. The zero-order valence-corrected chi connectivity index (χ0v) is 12.2. The van der Waals surface area contributed by atoms with Gasteiger partial charge in [-0.15, -0.1) is 12.3 Å². The van der Waals surface area contributed by atoms with E-state index >= 15 is 0 Å². The quantitative estimate of drug-likeness (QED) is 0.125. The van der Waals surface area contributed by atoms with Crippen LogP contribution in [-0.2, 0) is 9.53 Å². The van der Waals surface area contributed by atoms with Crippen LogP contribution in [0.3, 0.4) is 0 Å². The smallest absolute Gasteiger partial charge is 0.306 e. The average Bonchev–Trinajstić information content (AvgIpc) is 2.46.